The summed E-state index contributed by atoms with van der Waals surface area (Å²) in [5.41, 5.74) is 1.58. The average Bonchev–Trinajstić information content (AvgIpc) is 3.21. The smallest absolute Gasteiger partial charge is 0.261 e. The van der Waals surface area contributed by atoms with Gasteiger partial charge in [0.2, 0.25) is 6.79 Å². The van der Waals surface area contributed by atoms with Crippen molar-refractivity contribution in [2.75, 3.05) is 18.1 Å². The highest BCUT2D eigenvalue weighted by Crippen LogP contribution is 2.34. The van der Waals surface area contributed by atoms with Crippen LogP contribution >= 0.6 is 11.6 Å². The molecule has 4 rings (SSSR count). The number of carbonyl (C=O) groups excluding carboxylic acids is 1. The molecule has 0 atom stereocenters. The highest BCUT2D eigenvalue weighted by molar-refractivity contribution is 7.92. The van der Waals surface area contributed by atoms with E-state index < -0.39 is 10.0 Å². The Morgan fingerprint density at radius 3 is 2.61 bits per heavy atom. The molecule has 0 spiro atoms. The molecule has 160 valence electrons. The summed E-state index contributed by atoms with van der Waals surface area (Å²) in [5.74, 6) is 0.662. The zero-order valence-corrected chi connectivity index (χ0v) is 17.9. The minimum atomic E-state index is -3.90. The number of hydrogen-bond donors (Lipinski definition) is 2. The Morgan fingerprint density at radius 1 is 0.968 bits per heavy atom. The number of amides is 1. The molecule has 1 amide bonds. The maximum Gasteiger partial charge on any atom is 0.261 e. The lowest BCUT2D eigenvalue weighted by molar-refractivity contribution is 0.0954. The monoisotopic (exact) mass is 458 g/mol. The van der Waals surface area contributed by atoms with Crippen molar-refractivity contribution in [2.24, 2.45) is 0 Å². The summed E-state index contributed by atoms with van der Waals surface area (Å²) in [6.07, 6.45) is 0.607. The first kappa shape index (κ1) is 21.0. The number of carbonyl (C=O) groups is 1. The molecule has 0 bridgehead atoms. The minimum Gasteiger partial charge on any atom is -0.454 e. The van der Waals surface area contributed by atoms with Crippen LogP contribution in [0.25, 0.3) is 0 Å². The number of hydrogen-bond acceptors (Lipinski definition) is 5. The molecule has 3 aromatic rings. The predicted octanol–water partition coefficient (Wildman–Crippen LogP) is 3.84. The van der Waals surface area contributed by atoms with Crippen molar-refractivity contribution in [3.63, 3.8) is 0 Å². The van der Waals surface area contributed by atoms with E-state index in [1.165, 1.54) is 18.2 Å². The van der Waals surface area contributed by atoms with Gasteiger partial charge < -0.3 is 14.8 Å². The lowest BCUT2D eigenvalue weighted by Crippen LogP contribution is -2.26. The molecule has 0 unspecified atom stereocenters. The van der Waals surface area contributed by atoms with E-state index in [1.54, 1.807) is 30.3 Å². The van der Waals surface area contributed by atoms with E-state index in [4.69, 9.17) is 21.1 Å². The van der Waals surface area contributed by atoms with Gasteiger partial charge in [0, 0.05) is 23.2 Å². The Hall–Kier alpha value is -3.23. The van der Waals surface area contributed by atoms with Crippen molar-refractivity contribution in [3.05, 3.63) is 82.9 Å². The fourth-order valence-corrected chi connectivity index (χ4v) is 4.40. The lowest BCUT2D eigenvalue weighted by Gasteiger charge is -2.10. The van der Waals surface area contributed by atoms with Crippen molar-refractivity contribution < 1.29 is 22.7 Å². The first-order chi connectivity index (χ1) is 14.9. The first-order valence-electron chi connectivity index (χ1n) is 9.46. The standard InChI is InChI=1S/C22H19ClN2O5S/c23-17-5-1-3-15(11-17)9-10-24-22(26)16-4-2-6-19(12-16)31(27,28)25-18-7-8-20-21(13-18)30-14-29-20/h1-8,11-13,25H,9-10,14H2,(H,24,26). The van der Waals surface area contributed by atoms with Crippen LogP contribution in [0.15, 0.2) is 71.6 Å². The summed E-state index contributed by atoms with van der Waals surface area (Å²) in [5, 5.41) is 3.43. The summed E-state index contributed by atoms with van der Waals surface area (Å²) < 4.78 is 38.5. The fourth-order valence-electron chi connectivity index (χ4n) is 3.09. The minimum absolute atomic E-state index is 0.0207. The molecule has 1 aliphatic rings. The lowest BCUT2D eigenvalue weighted by atomic mass is 10.1. The number of fused-ring (bicyclic) bond motifs is 1. The SMILES string of the molecule is O=C(NCCc1cccc(Cl)c1)c1cccc(S(=O)(=O)Nc2ccc3c(c2)OCO3)c1. The van der Waals surface area contributed by atoms with Gasteiger partial charge in [-0.1, -0.05) is 29.8 Å². The number of sulfonamides is 1. The zero-order chi connectivity index (χ0) is 21.8. The van der Waals surface area contributed by atoms with Crippen molar-refractivity contribution in [3.8, 4) is 11.5 Å². The van der Waals surface area contributed by atoms with Gasteiger partial charge in [0.1, 0.15) is 0 Å². The maximum absolute atomic E-state index is 12.8. The summed E-state index contributed by atoms with van der Waals surface area (Å²) in [7, 11) is -3.90. The molecule has 9 heteroatoms. The van der Waals surface area contributed by atoms with Crippen molar-refractivity contribution in [1.29, 1.82) is 0 Å². The number of halogens is 1. The molecule has 31 heavy (non-hydrogen) atoms. The highest BCUT2D eigenvalue weighted by atomic mass is 35.5. The second kappa shape index (κ2) is 8.87. The van der Waals surface area contributed by atoms with Crippen molar-refractivity contribution in [1.82, 2.24) is 5.32 Å². The number of anilines is 1. The van der Waals surface area contributed by atoms with Gasteiger partial charge in [0.15, 0.2) is 11.5 Å². The molecule has 0 aromatic heterocycles. The molecule has 2 N–H and O–H groups in total. The van der Waals surface area contributed by atoms with Crippen LogP contribution in [0.1, 0.15) is 15.9 Å². The van der Waals surface area contributed by atoms with Crippen LogP contribution in [-0.2, 0) is 16.4 Å². The average molecular weight is 459 g/mol. The Morgan fingerprint density at radius 2 is 1.77 bits per heavy atom. The second-order valence-corrected chi connectivity index (χ2v) is 8.96. The predicted molar refractivity (Wildman–Crippen MR) is 117 cm³/mol. The third kappa shape index (κ3) is 5.10. The number of benzene rings is 3. The van der Waals surface area contributed by atoms with E-state index in [1.807, 2.05) is 18.2 Å². The number of ether oxygens (including phenoxy) is 2. The summed E-state index contributed by atoms with van der Waals surface area (Å²) in [6, 6.07) is 18.0. The van der Waals surface area contributed by atoms with Gasteiger partial charge >= 0.3 is 0 Å². The molecule has 7 nitrogen and oxygen atoms in total. The van der Waals surface area contributed by atoms with Gasteiger partial charge in [0.05, 0.1) is 10.6 Å². The molecule has 0 saturated heterocycles. The van der Waals surface area contributed by atoms with Crippen LogP contribution < -0.4 is 19.5 Å². The summed E-state index contributed by atoms with van der Waals surface area (Å²) >= 11 is 5.96. The molecule has 0 saturated carbocycles. The fraction of sp³-hybridized carbons (Fsp3) is 0.136. The Labute approximate surface area is 185 Å². The van der Waals surface area contributed by atoms with E-state index >= 15 is 0 Å². The number of rotatable bonds is 7. The van der Waals surface area contributed by atoms with Crippen LogP contribution in [0.3, 0.4) is 0 Å². The quantitative estimate of drug-likeness (QED) is 0.561. The van der Waals surface area contributed by atoms with Gasteiger partial charge in [0.25, 0.3) is 15.9 Å². The Bertz CT molecular complexity index is 1230. The zero-order valence-electron chi connectivity index (χ0n) is 16.3. The number of nitrogens with one attached hydrogen (secondary N) is 2. The summed E-state index contributed by atoms with van der Waals surface area (Å²) in [6.45, 7) is 0.492. The van der Waals surface area contributed by atoms with E-state index in [9.17, 15) is 13.2 Å². The molecule has 0 fully saturated rings. The van der Waals surface area contributed by atoms with Crippen LogP contribution in [0.2, 0.25) is 5.02 Å². The van der Waals surface area contributed by atoms with Crippen LogP contribution in [0.5, 0.6) is 11.5 Å². The topological polar surface area (TPSA) is 93.7 Å². The molecular weight excluding hydrogens is 440 g/mol. The van der Waals surface area contributed by atoms with Gasteiger partial charge in [-0.05, 0) is 54.4 Å². The van der Waals surface area contributed by atoms with Gasteiger partial charge in [-0.3, -0.25) is 9.52 Å². The van der Waals surface area contributed by atoms with Gasteiger partial charge in [-0.25, -0.2) is 8.42 Å². The van der Waals surface area contributed by atoms with E-state index in [0.29, 0.717) is 35.2 Å². The van der Waals surface area contributed by atoms with Gasteiger partial charge in [-0.2, -0.15) is 0 Å². The van der Waals surface area contributed by atoms with Crippen LogP contribution in [0.4, 0.5) is 5.69 Å². The second-order valence-electron chi connectivity index (χ2n) is 6.84. The summed E-state index contributed by atoms with van der Waals surface area (Å²) in [4.78, 5) is 12.5. The van der Waals surface area contributed by atoms with Crippen molar-refractivity contribution in [2.45, 2.75) is 11.3 Å². The van der Waals surface area contributed by atoms with E-state index in [2.05, 4.69) is 10.0 Å². The van der Waals surface area contributed by atoms with Crippen LogP contribution in [-0.4, -0.2) is 27.7 Å². The third-order valence-corrected chi connectivity index (χ3v) is 6.23. The molecular formula is C22H19ClN2O5S. The Balaban J connectivity index is 1.42. The molecule has 3 aromatic carbocycles. The first-order valence-corrected chi connectivity index (χ1v) is 11.3. The maximum atomic E-state index is 12.8. The molecule has 1 aliphatic heterocycles. The highest BCUT2D eigenvalue weighted by Gasteiger charge is 2.19. The Kier molecular flexibility index (Phi) is 6.01. The van der Waals surface area contributed by atoms with Crippen LogP contribution in [0, 0.1) is 0 Å². The van der Waals surface area contributed by atoms with E-state index in [0.717, 1.165) is 5.56 Å². The normalized spacial score (nSPS) is 12.4. The van der Waals surface area contributed by atoms with Crippen molar-refractivity contribution >= 4 is 33.2 Å². The molecule has 1 heterocycles. The molecule has 0 radical (unpaired) electrons. The van der Waals surface area contributed by atoms with E-state index in [-0.39, 0.29) is 23.2 Å². The third-order valence-electron chi connectivity index (χ3n) is 4.62. The largest absolute Gasteiger partial charge is 0.454 e. The van der Waals surface area contributed by atoms with Gasteiger partial charge in [-0.15, -0.1) is 0 Å². The molecule has 0 aliphatic carbocycles.